The van der Waals surface area contributed by atoms with Crippen LogP contribution in [0.3, 0.4) is 0 Å². The van der Waals surface area contributed by atoms with Crippen molar-refractivity contribution in [3.8, 4) is 0 Å². The predicted molar refractivity (Wildman–Crippen MR) is 68.8 cm³/mol. The smallest absolute Gasteiger partial charge is 0.335 e. The SMILES string of the molecule is O=C(O)c1ccc(F)c(NC(=O)c2cc([N+](=O)[O-])c[nH]2)c1. The highest BCUT2D eigenvalue weighted by atomic mass is 19.1. The standard InChI is InChI=1S/C12H8FN3O5/c13-8-2-1-6(12(18)19)3-9(8)15-11(17)10-4-7(5-14-10)16(20)21/h1-5,14H,(H,15,17)(H,18,19). The van der Waals surface area contributed by atoms with E-state index in [1.165, 1.54) is 0 Å². The number of carboxylic acid groups (broad SMARTS) is 1. The summed E-state index contributed by atoms with van der Waals surface area (Å²) in [5.74, 6) is -2.93. The first-order chi connectivity index (χ1) is 9.88. The highest BCUT2D eigenvalue weighted by molar-refractivity contribution is 6.04. The number of anilines is 1. The summed E-state index contributed by atoms with van der Waals surface area (Å²) in [5.41, 5.74) is -1.01. The molecule has 1 aromatic heterocycles. The van der Waals surface area contributed by atoms with Gasteiger partial charge in [0.25, 0.3) is 11.6 Å². The number of benzene rings is 1. The van der Waals surface area contributed by atoms with Crippen molar-refractivity contribution >= 4 is 23.3 Å². The molecule has 1 heterocycles. The molecule has 0 radical (unpaired) electrons. The molecule has 9 heteroatoms. The molecule has 0 bridgehead atoms. The third-order valence-corrected chi connectivity index (χ3v) is 2.58. The number of amides is 1. The zero-order chi connectivity index (χ0) is 15.6. The molecule has 8 nitrogen and oxygen atoms in total. The van der Waals surface area contributed by atoms with E-state index >= 15 is 0 Å². The first-order valence-electron chi connectivity index (χ1n) is 5.55. The normalized spacial score (nSPS) is 10.1. The van der Waals surface area contributed by atoms with Gasteiger partial charge in [0, 0.05) is 6.07 Å². The fourth-order valence-electron chi connectivity index (χ4n) is 1.56. The van der Waals surface area contributed by atoms with Crippen LogP contribution in [-0.4, -0.2) is 26.9 Å². The number of halogens is 1. The van der Waals surface area contributed by atoms with Crippen LogP contribution in [0.2, 0.25) is 0 Å². The maximum absolute atomic E-state index is 13.5. The summed E-state index contributed by atoms with van der Waals surface area (Å²) in [4.78, 5) is 34.8. The second-order valence-electron chi connectivity index (χ2n) is 3.98. The summed E-state index contributed by atoms with van der Waals surface area (Å²) in [6.45, 7) is 0. The first-order valence-corrected chi connectivity index (χ1v) is 5.55. The number of aromatic amines is 1. The third-order valence-electron chi connectivity index (χ3n) is 2.58. The largest absolute Gasteiger partial charge is 0.478 e. The topological polar surface area (TPSA) is 125 Å². The number of hydrogen-bond acceptors (Lipinski definition) is 4. The molecule has 0 spiro atoms. The van der Waals surface area contributed by atoms with Crippen molar-refractivity contribution in [2.75, 3.05) is 5.32 Å². The highest BCUT2D eigenvalue weighted by Crippen LogP contribution is 2.18. The van der Waals surface area contributed by atoms with Gasteiger partial charge in [-0.3, -0.25) is 14.9 Å². The molecule has 0 unspecified atom stereocenters. The fourth-order valence-corrected chi connectivity index (χ4v) is 1.56. The Labute approximate surface area is 116 Å². The van der Waals surface area contributed by atoms with Crippen molar-refractivity contribution in [3.05, 3.63) is 57.7 Å². The van der Waals surface area contributed by atoms with Crippen LogP contribution in [0, 0.1) is 15.9 Å². The minimum atomic E-state index is -1.28. The van der Waals surface area contributed by atoms with Gasteiger partial charge in [-0.1, -0.05) is 0 Å². The van der Waals surface area contributed by atoms with E-state index < -0.39 is 22.6 Å². The van der Waals surface area contributed by atoms with Crippen LogP contribution in [0.25, 0.3) is 0 Å². The molecule has 1 amide bonds. The second kappa shape index (κ2) is 5.41. The Morgan fingerprint density at radius 3 is 2.62 bits per heavy atom. The molecule has 108 valence electrons. The van der Waals surface area contributed by atoms with E-state index in [1.54, 1.807) is 0 Å². The minimum Gasteiger partial charge on any atom is -0.478 e. The molecule has 0 atom stereocenters. The lowest BCUT2D eigenvalue weighted by atomic mass is 10.2. The summed E-state index contributed by atoms with van der Waals surface area (Å²) >= 11 is 0. The summed E-state index contributed by atoms with van der Waals surface area (Å²) in [5, 5.41) is 21.4. The molecular formula is C12H8FN3O5. The number of carbonyl (C=O) groups excluding carboxylic acids is 1. The summed E-state index contributed by atoms with van der Waals surface area (Å²) < 4.78 is 13.5. The van der Waals surface area contributed by atoms with E-state index in [0.29, 0.717) is 0 Å². The van der Waals surface area contributed by atoms with E-state index in [1.807, 2.05) is 0 Å². The van der Waals surface area contributed by atoms with Gasteiger partial charge >= 0.3 is 5.97 Å². The molecular weight excluding hydrogens is 285 g/mol. The summed E-state index contributed by atoms with van der Waals surface area (Å²) in [6, 6.07) is 3.88. The molecule has 3 N–H and O–H groups in total. The number of carboxylic acids is 1. The van der Waals surface area contributed by atoms with Gasteiger partial charge in [0.15, 0.2) is 0 Å². The van der Waals surface area contributed by atoms with Crippen molar-refractivity contribution in [2.24, 2.45) is 0 Å². The Balaban J connectivity index is 2.24. The van der Waals surface area contributed by atoms with Gasteiger partial charge in [-0.2, -0.15) is 0 Å². The van der Waals surface area contributed by atoms with Crippen LogP contribution in [0.4, 0.5) is 15.8 Å². The summed E-state index contributed by atoms with van der Waals surface area (Å²) in [6.07, 6.45) is 1.01. The van der Waals surface area contributed by atoms with Gasteiger partial charge < -0.3 is 15.4 Å². The number of aromatic carboxylic acids is 1. The first kappa shape index (κ1) is 14.2. The number of nitro groups is 1. The van der Waals surface area contributed by atoms with Crippen LogP contribution >= 0.6 is 0 Å². The Bertz CT molecular complexity index is 740. The maximum Gasteiger partial charge on any atom is 0.335 e. The minimum absolute atomic E-state index is 0.151. The van der Waals surface area contributed by atoms with E-state index in [4.69, 9.17) is 5.11 Å². The molecule has 1 aromatic carbocycles. The Kier molecular flexibility index (Phi) is 3.65. The number of rotatable bonds is 4. The monoisotopic (exact) mass is 293 g/mol. The number of aromatic nitrogens is 1. The summed E-state index contributed by atoms with van der Waals surface area (Å²) in [7, 11) is 0. The number of hydrogen-bond donors (Lipinski definition) is 3. The average Bonchev–Trinajstić information content (AvgIpc) is 2.90. The third kappa shape index (κ3) is 3.03. The molecule has 0 fully saturated rings. The Hall–Kier alpha value is -3.23. The maximum atomic E-state index is 13.5. The fraction of sp³-hybridized carbons (Fsp3) is 0. The highest BCUT2D eigenvalue weighted by Gasteiger charge is 2.16. The van der Waals surface area contributed by atoms with Crippen LogP contribution < -0.4 is 5.32 Å². The molecule has 0 saturated heterocycles. The second-order valence-corrected chi connectivity index (χ2v) is 3.98. The molecule has 0 aliphatic rings. The van der Waals surface area contributed by atoms with Crippen molar-refractivity contribution in [1.29, 1.82) is 0 Å². The van der Waals surface area contributed by atoms with Gasteiger partial charge in [0.2, 0.25) is 0 Å². The van der Waals surface area contributed by atoms with E-state index in [-0.39, 0.29) is 22.6 Å². The van der Waals surface area contributed by atoms with Crippen LogP contribution in [0.1, 0.15) is 20.8 Å². The molecule has 0 aliphatic heterocycles. The van der Waals surface area contributed by atoms with E-state index in [2.05, 4.69) is 10.3 Å². The van der Waals surface area contributed by atoms with Crippen LogP contribution in [-0.2, 0) is 0 Å². The lowest BCUT2D eigenvalue weighted by Crippen LogP contribution is -2.14. The Morgan fingerprint density at radius 1 is 1.33 bits per heavy atom. The predicted octanol–water partition coefficient (Wildman–Crippen LogP) is 2.01. The van der Waals surface area contributed by atoms with Crippen molar-refractivity contribution in [2.45, 2.75) is 0 Å². The molecule has 2 aromatic rings. The zero-order valence-corrected chi connectivity index (χ0v) is 10.3. The van der Waals surface area contributed by atoms with Gasteiger partial charge in [-0.25, -0.2) is 9.18 Å². The molecule has 0 saturated carbocycles. The zero-order valence-electron chi connectivity index (χ0n) is 10.3. The molecule has 21 heavy (non-hydrogen) atoms. The lowest BCUT2D eigenvalue weighted by molar-refractivity contribution is -0.384. The quantitative estimate of drug-likeness (QED) is 0.587. The van der Waals surface area contributed by atoms with Gasteiger partial charge in [-0.05, 0) is 18.2 Å². The number of nitrogens with one attached hydrogen (secondary N) is 2. The van der Waals surface area contributed by atoms with Crippen molar-refractivity contribution in [3.63, 3.8) is 0 Å². The number of nitrogens with zero attached hydrogens (tertiary/aromatic N) is 1. The van der Waals surface area contributed by atoms with Gasteiger partial charge in [0.05, 0.1) is 22.4 Å². The average molecular weight is 293 g/mol. The van der Waals surface area contributed by atoms with Gasteiger partial charge in [-0.15, -0.1) is 0 Å². The van der Waals surface area contributed by atoms with Crippen molar-refractivity contribution in [1.82, 2.24) is 4.98 Å². The van der Waals surface area contributed by atoms with Gasteiger partial charge in [0.1, 0.15) is 11.5 Å². The van der Waals surface area contributed by atoms with E-state index in [0.717, 1.165) is 30.5 Å². The molecule has 2 rings (SSSR count). The number of carbonyl (C=O) groups is 2. The van der Waals surface area contributed by atoms with E-state index in [9.17, 15) is 24.1 Å². The van der Waals surface area contributed by atoms with Crippen molar-refractivity contribution < 1.29 is 24.0 Å². The Morgan fingerprint density at radius 2 is 2.05 bits per heavy atom. The van der Waals surface area contributed by atoms with Crippen LogP contribution in [0.15, 0.2) is 30.5 Å². The van der Waals surface area contributed by atoms with Crippen LogP contribution in [0.5, 0.6) is 0 Å². The number of H-pyrrole nitrogens is 1. The lowest BCUT2D eigenvalue weighted by Gasteiger charge is -2.06. The molecule has 0 aliphatic carbocycles.